The van der Waals surface area contributed by atoms with E-state index >= 15 is 0 Å². The standard InChI is InChI=1S/C67H44N2O/c1-40(2)64-43(41-33-35-54-49-21-6-5-19-47(49)45-17-3-4-18-46(45)48-20-7-9-24-52(48)60(54)37-41)28-15-29-44(64)42-34-36-55-61(38-42)53-25-10-8-22-50(53)51-23-11-12-27-57(51)65-62(55)39-68-67(69-65)59-31-16-30-58-56-26-13-14-32-63(56)70-66(58)59/h3-40H,1-2H3/i40D. The topological polar surface area (TPSA) is 38.9 Å². The van der Waals surface area contributed by atoms with E-state index in [4.69, 9.17) is 14.4 Å². The first-order valence-electron chi connectivity index (χ1n) is 24.6. The molecule has 0 bridgehead atoms. The first kappa shape index (κ1) is 39.1. The molecular weight excluding hydrogens is 849 g/mol. The Hall–Kier alpha value is -8.92. The fourth-order valence-corrected chi connectivity index (χ4v) is 11.5. The van der Waals surface area contributed by atoms with Crippen molar-refractivity contribution in [3.05, 3.63) is 230 Å². The van der Waals surface area contributed by atoms with Gasteiger partial charge in [0.2, 0.25) is 0 Å². The van der Waals surface area contributed by atoms with E-state index in [1.54, 1.807) is 0 Å². The number of nitrogens with zero attached hydrogens (tertiary/aromatic N) is 2. The zero-order chi connectivity index (χ0) is 47.4. The predicted octanol–water partition coefficient (Wildman–Crippen LogP) is 18.5. The summed E-state index contributed by atoms with van der Waals surface area (Å²) in [4.78, 5) is 10.6. The van der Waals surface area contributed by atoms with Crippen molar-refractivity contribution in [3.63, 3.8) is 0 Å². The molecule has 0 N–H and O–H groups in total. The minimum Gasteiger partial charge on any atom is -0.455 e. The second-order valence-electron chi connectivity index (χ2n) is 18.7. The van der Waals surface area contributed by atoms with E-state index in [9.17, 15) is 1.37 Å². The molecule has 0 atom stereocenters. The number of hydrogen-bond acceptors (Lipinski definition) is 3. The second kappa shape index (κ2) is 15.8. The molecule has 2 heterocycles. The van der Waals surface area contributed by atoms with Crippen LogP contribution < -0.4 is 0 Å². The number of fused-ring (bicyclic) bond motifs is 19. The monoisotopic (exact) mass is 893 g/mol. The summed E-state index contributed by atoms with van der Waals surface area (Å²) < 4.78 is 16.4. The highest BCUT2D eigenvalue weighted by Gasteiger charge is 2.27. The van der Waals surface area contributed by atoms with Crippen molar-refractivity contribution in [2.75, 3.05) is 0 Å². The van der Waals surface area contributed by atoms with Gasteiger partial charge in [0, 0.05) is 29.5 Å². The van der Waals surface area contributed by atoms with Crippen LogP contribution in [-0.4, -0.2) is 9.97 Å². The van der Waals surface area contributed by atoms with E-state index in [-0.39, 0.29) is 0 Å². The Morgan fingerprint density at radius 1 is 0.357 bits per heavy atom. The van der Waals surface area contributed by atoms with Crippen LogP contribution >= 0.6 is 0 Å². The van der Waals surface area contributed by atoms with Crippen LogP contribution in [0.3, 0.4) is 0 Å². The summed E-state index contributed by atoms with van der Waals surface area (Å²) in [5.74, 6) is -0.347. The summed E-state index contributed by atoms with van der Waals surface area (Å²) in [5, 5.41) is 2.11. The highest BCUT2D eigenvalue weighted by molar-refractivity contribution is 6.10. The molecule has 0 radical (unpaired) electrons. The average molecular weight is 894 g/mol. The lowest BCUT2D eigenvalue weighted by Crippen LogP contribution is -2.02. The van der Waals surface area contributed by atoms with Crippen molar-refractivity contribution in [1.29, 1.82) is 0 Å². The second-order valence-corrected chi connectivity index (χ2v) is 18.7. The Morgan fingerprint density at radius 2 is 0.743 bits per heavy atom. The van der Waals surface area contributed by atoms with Gasteiger partial charge in [0.25, 0.3) is 0 Å². The Kier molecular flexibility index (Phi) is 8.85. The van der Waals surface area contributed by atoms with Gasteiger partial charge in [-0.05, 0) is 130 Å². The van der Waals surface area contributed by atoms with Gasteiger partial charge >= 0.3 is 0 Å². The molecule has 0 aliphatic heterocycles. The highest BCUT2D eigenvalue weighted by Crippen LogP contribution is 2.52. The number of para-hydroxylation sites is 2. The number of aromatic nitrogens is 2. The molecule has 328 valence electrons. The minimum atomic E-state index is -0.958. The Morgan fingerprint density at radius 3 is 1.27 bits per heavy atom. The molecule has 70 heavy (non-hydrogen) atoms. The number of hydrogen-bond donors (Lipinski definition) is 0. The summed E-state index contributed by atoms with van der Waals surface area (Å²) in [7, 11) is 0. The van der Waals surface area contributed by atoms with Gasteiger partial charge in [-0.15, -0.1) is 0 Å². The minimum absolute atomic E-state index is 0.611. The van der Waals surface area contributed by atoms with Crippen molar-refractivity contribution in [1.82, 2.24) is 9.97 Å². The number of rotatable bonds is 4. The molecule has 0 amide bonds. The normalized spacial score (nSPS) is 12.3. The Balaban J connectivity index is 0.960. The summed E-state index contributed by atoms with van der Waals surface area (Å²) in [6.07, 6.45) is 2.00. The molecular formula is C67H44N2O. The number of furan rings is 1. The van der Waals surface area contributed by atoms with Crippen molar-refractivity contribution >= 4 is 21.9 Å². The van der Waals surface area contributed by atoms with E-state index < -0.39 is 5.89 Å². The maximum Gasteiger partial charge on any atom is 0.163 e. The molecule has 0 spiro atoms. The van der Waals surface area contributed by atoms with Gasteiger partial charge in [-0.2, -0.15) is 0 Å². The van der Waals surface area contributed by atoms with E-state index in [0.717, 1.165) is 100.0 Å². The molecule has 0 saturated heterocycles. The maximum absolute atomic E-state index is 9.90. The first-order chi connectivity index (χ1) is 34.9. The van der Waals surface area contributed by atoms with Crippen LogP contribution in [-0.2, 0) is 0 Å². The first-order valence-corrected chi connectivity index (χ1v) is 24.1. The van der Waals surface area contributed by atoms with Crippen molar-refractivity contribution < 1.29 is 5.79 Å². The quantitative estimate of drug-likeness (QED) is 0.177. The molecule has 2 aromatic heterocycles. The van der Waals surface area contributed by atoms with Gasteiger partial charge in [0.1, 0.15) is 11.2 Å². The summed E-state index contributed by atoms with van der Waals surface area (Å²) >= 11 is 0. The van der Waals surface area contributed by atoms with Gasteiger partial charge in [-0.1, -0.05) is 208 Å². The molecule has 12 aromatic rings. The lowest BCUT2D eigenvalue weighted by atomic mass is 9.79. The average Bonchev–Trinajstić information content (AvgIpc) is 3.81. The molecule has 0 fully saturated rings. The third-order valence-corrected chi connectivity index (χ3v) is 14.6. The Bertz CT molecular complexity index is 4170. The van der Waals surface area contributed by atoms with E-state index in [0.29, 0.717) is 5.82 Å². The van der Waals surface area contributed by atoms with Crippen LogP contribution in [0.2, 0.25) is 0 Å². The number of benzene rings is 10. The predicted molar refractivity (Wildman–Crippen MR) is 290 cm³/mol. The molecule has 2 aliphatic carbocycles. The summed E-state index contributed by atoms with van der Waals surface area (Å²) in [6.45, 7) is 4.03. The van der Waals surface area contributed by atoms with Gasteiger partial charge < -0.3 is 4.42 Å². The van der Waals surface area contributed by atoms with Crippen molar-refractivity contribution in [3.8, 4) is 123 Å². The van der Waals surface area contributed by atoms with Gasteiger partial charge in [0.15, 0.2) is 5.82 Å². The van der Waals surface area contributed by atoms with E-state index in [1.807, 2.05) is 38.2 Å². The van der Waals surface area contributed by atoms with Gasteiger partial charge in [-0.3, -0.25) is 0 Å². The van der Waals surface area contributed by atoms with Crippen LogP contribution in [0.15, 0.2) is 229 Å². The maximum atomic E-state index is 9.90. The smallest absolute Gasteiger partial charge is 0.163 e. The fourth-order valence-electron chi connectivity index (χ4n) is 11.5. The lowest BCUT2D eigenvalue weighted by Gasteiger charge is -2.25. The van der Waals surface area contributed by atoms with E-state index in [1.165, 1.54) is 44.5 Å². The molecule has 0 unspecified atom stereocenters. The Labute approximate surface area is 408 Å². The largest absolute Gasteiger partial charge is 0.455 e. The summed E-state index contributed by atoms with van der Waals surface area (Å²) in [6, 6.07) is 78.3. The van der Waals surface area contributed by atoms with E-state index in [2.05, 4.69) is 200 Å². The fraction of sp³-hybridized carbons (Fsp3) is 0.0448. The van der Waals surface area contributed by atoms with Gasteiger partial charge in [-0.25, -0.2) is 9.97 Å². The molecule has 3 heteroatoms. The van der Waals surface area contributed by atoms with Crippen LogP contribution in [0.4, 0.5) is 0 Å². The molecule has 10 aromatic carbocycles. The third-order valence-electron chi connectivity index (χ3n) is 14.6. The van der Waals surface area contributed by atoms with Crippen LogP contribution in [0.1, 0.15) is 26.7 Å². The van der Waals surface area contributed by atoms with Crippen molar-refractivity contribution in [2.24, 2.45) is 0 Å². The van der Waals surface area contributed by atoms with Crippen LogP contribution in [0, 0.1) is 0 Å². The van der Waals surface area contributed by atoms with Crippen LogP contribution in [0.5, 0.6) is 0 Å². The SMILES string of the molecule is [2H]C(C)(C)c1c(-c2ccc3c(c2)-c2ccccc2-c2ccccc2-c2ccccc2-3)cccc1-c1ccc2c(c1)-c1ccccc1-c1ccccc1-c1nc(-c3cccc4c3oc3ccccc34)ncc1-2. The summed E-state index contributed by atoms with van der Waals surface area (Å²) in [5.41, 5.74) is 25.7. The zero-order valence-corrected chi connectivity index (χ0v) is 38.7. The van der Waals surface area contributed by atoms with Gasteiger partial charge in [0.05, 0.1) is 11.3 Å². The third kappa shape index (κ3) is 6.15. The van der Waals surface area contributed by atoms with Crippen LogP contribution in [0.25, 0.3) is 145 Å². The molecule has 3 nitrogen and oxygen atoms in total. The molecule has 2 aliphatic rings. The molecule has 14 rings (SSSR count). The molecule has 0 saturated carbocycles. The lowest BCUT2D eigenvalue weighted by molar-refractivity contribution is 0.669. The highest BCUT2D eigenvalue weighted by atomic mass is 16.3. The zero-order valence-electron chi connectivity index (χ0n) is 39.7. The van der Waals surface area contributed by atoms with Crippen molar-refractivity contribution in [2.45, 2.75) is 19.7 Å².